The lowest BCUT2D eigenvalue weighted by molar-refractivity contribution is -0.114. The van der Waals surface area contributed by atoms with Gasteiger partial charge in [0.2, 0.25) is 17.0 Å². The predicted molar refractivity (Wildman–Crippen MR) is 156 cm³/mol. The first kappa shape index (κ1) is 27.7. The molecule has 200 valence electrons. The lowest BCUT2D eigenvalue weighted by Gasteiger charge is -2.09. The van der Waals surface area contributed by atoms with Gasteiger partial charge >= 0.3 is 0 Å². The molecule has 5 N–H and O–H groups in total. The fourth-order valence-electron chi connectivity index (χ4n) is 3.32. The molecule has 0 aliphatic heterocycles. The van der Waals surface area contributed by atoms with E-state index in [-0.39, 0.29) is 23.5 Å². The molecule has 0 fully saturated rings. The topological polar surface area (TPSA) is 149 Å². The lowest BCUT2D eigenvalue weighted by Crippen LogP contribution is -2.17. The molecule has 0 aliphatic rings. The van der Waals surface area contributed by atoms with E-state index in [4.69, 9.17) is 10.6 Å². The summed E-state index contributed by atoms with van der Waals surface area (Å²) in [7, 11) is 0. The number of nitrogens with two attached hydrogens (primary N) is 1. The molecule has 0 bridgehead atoms. The van der Waals surface area contributed by atoms with E-state index in [0.29, 0.717) is 28.9 Å². The monoisotopic (exact) mass is 608 g/mol. The Morgan fingerprint density at radius 1 is 1.05 bits per heavy atom. The molecule has 0 aliphatic carbocycles. The van der Waals surface area contributed by atoms with Gasteiger partial charge < -0.3 is 21.2 Å². The number of hydrogen-bond acceptors (Lipinski definition) is 9. The molecule has 0 radical (unpaired) electrons. The first-order chi connectivity index (χ1) is 18.9. The van der Waals surface area contributed by atoms with E-state index in [1.165, 1.54) is 11.6 Å². The fraction of sp³-hybridized carbons (Fsp3) is 0.115. The summed E-state index contributed by atoms with van der Waals surface area (Å²) >= 11 is 4.58. The van der Waals surface area contributed by atoms with Crippen LogP contribution < -0.4 is 26.6 Å². The smallest absolute Gasteiger partial charge is 0.264 e. The Balaban J connectivity index is 1.30. The van der Waals surface area contributed by atoms with Gasteiger partial charge in [0.15, 0.2) is 0 Å². The molecule has 4 aromatic rings. The third-order valence-corrected chi connectivity index (χ3v) is 6.47. The lowest BCUT2D eigenvalue weighted by atomic mass is 10.2. The number of nitrogens with one attached hydrogen (secondary N) is 3. The number of hydrogen-bond donors (Lipinski definition) is 4. The van der Waals surface area contributed by atoms with Crippen molar-refractivity contribution in [3.05, 3.63) is 88.4 Å². The molecule has 13 heteroatoms. The minimum atomic E-state index is -0.269. The highest BCUT2D eigenvalue weighted by Crippen LogP contribution is 2.21. The predicted octanol–water partition coefficient (Wildman–Crippen LogP) is 4.47. The van der Waals surface area contributed by atoms with Crippen LogP contribution in [0, 0.1) is 0 Å². The Bertz CT molecular complexity index is 1490. The standard InChI is InChI=1S/C26H25BrN8O3S/c1-17(36)30-21-9-5-10-22(13-21)31-24(37)16-39-26-34-33-25(35(26)28)32-29-14-19-7-2-3-11-23(19)38-15-18-6-4-8-20(27)12-18/h2-14H,15-16,28H2,1H3,(H,30,36)(H,31,37)(H,32,33)/b29-14+. The van der Waals surface area contributed by atoms with Crippen molar-refractivity contribution in [1.82, 2.24) is 14.9 Å². The summed E-state index contributed by atoms with van der Waals surface area (Å²) in [6.45, 7) is 1.82. The average Bonchev–Trinajstić information content (AvgIpc) is 3.26. The first-order valence-electron chi connectivity index (χ1n) is 11.6. The van der Waals surface area contributed by atoms with E-state index in [1.807, 2.05) is 48.5 Å². The van der Waals surface area contributed by atoms with Crippen molar-refractivity contribution in [2.75, 3.05) is 27.7 Å². The number of carbonyl (C=O) groups is 2. The number of benzene rings is 3. The number of rotatable bonds is 11. The zero-order chi connectivity index (χ0) is 27.6. The number of hydrazone groups is 1. The molecular weight excluding hydrogens is 584 g/mol. The van der Waals surface area contributed by atoms with E-state index in [1.54, 1.807) is 30.5 Å². The van der Waals surface area contributed by atoms with Crippen LogP contribution in [0.5, 0.6) is 5.75 Å². The highest BCUT2D eigenvalue weighted by Gasteiger charge is 2.12. The van der Waals surface area contributed by atoms with Crippen molar-refractivity contribution in [3.8, 4) is 5.75 Å². The molecule has 0 saturated heterocycles. The summed E-state index contributed by atoms with van der Waals surface area (Å²) in [6, 6.07) is 22.3. The molecule has 0 atom stereocenters. The second kappa shape index (κ2) is 13.4. The molecule has 39 heavy (non-hydrogen) atoms. The Morgan fingerprint density at radius 3 is 2.62 bits per heavy atom. The van der Waals surface area contributed by atoms with E-state index in [2.05, 4.69) is 47.3 Å². The van der Waals surface area contributed by atoms with Gasteiger partial charge in [-0.1, -0.05) is 58.0 Å². The number of amides is 2. The molecular formula is C26H25BrN8O3S. The van der Waals surface area contributed by atoms with Gasteiger partial charge in [0.1, 0.15) is 12.4 Å². The zero-order valence-electron chi connectivity index (χ0n) is 20.8. The van der Waals surface area contributed by atoms with E-state index >= 15 is 0 Å². The summed E-state index contributed by atoms with van der Waals surface area (Å²) in [6.07, 6.45) is 1.60. The molecule has 0 saturated carbocycles. The number of ether oxygens (including phenoxy) is 1. The van der Waals surface area contributed by atoms with Crippen LogP contribution in [0.3, 0.4) is 0 Å². The number of nitrogens with zero attached hydrogens (tertiary/aromatic N) is 4. The molecule has 1 aromatic heterocycles. The van der Waals surface area contributed by atoms with E-state index < -0.39 is 0 Å². The Morgan fingerprint density at radius 2 is 1.82 bits per heavy atom. The minimum Gasteiger partial charge on any atom is -0.488 e. The van der Waals surface area contributed by atoms with Crippen molar-refractivity contribution in [2.24, 2.45) is 5.10 Å². The normalized spacial score (nSPS) is 10.8. The molecule has 0 spiro atoms. The van der Waals surface area contributed by atoms with Gasteiger partial charge in [0.05, 0.1) is 12.0 Å². The second-order valence-corrected chi connectivity index (χ2v) is 9.96. The van der Waals surface area contributed by atoms with Crippen molar-refractivity contribution in [2.45, 2.75) is 18.7 Å². The molecule has 4 rings (SSSR count). The highest BCUT2D eigenvalue weighted by molar-refractivity contribution is 9.10. The van der Waals surface area contributed by atoms with Crippen LogP contribution in [0.15, 0.2) is 87.5 Å². The Hall–Kier alpha value is -4.36. The number of para-hydroxylation sites is 1. The summed E-state index contributed by atoms with van der Waals surface area (Å²) in [5, 5.41) is 18.0. The maximum absolute atomic E-state index is 12.4. The molecule has 0 unspecified atom stereocenters. The average molecular weight is 610 g/mol. The van der Waals surface area contributed by atoms with Crippen LogP contribution in [-0.2, 0) is 16.2 Å². The van der Waals surface area contributed by atoms with Crippen LogP contribution >= 0.6 is 27.7 Å². The second-order valence-electron chi connectivity index (χ2n) is 8.10. The molecule has 11 nitrogen and oxygen atoms in total. The third-order valence-electron chi connectivity index (χ3n) is 5.03. The number of nitrogen functional groups attached to an aromatic ring is 1. The van der Waals surface area contributed by atoms with Gasteiger partial charge in [-0.05, 0) is 48.0 Å². The van der Waals surface area contributed by atoms with Gasteiger partial charge in [-0.15, -0.1) is 10.2 Å². The number of aromatic nitrogens is 3. The zero-order valence-corrected chi connectivity index (χ0v) is 23.2. The van der Waals surface area contributed by atoms with Gasteiger partial charge in [0.25, 0.3) is 5.95 Å². The Kier molecular flexibility index (Phi) is 9.53. The van der Waals surface area contributed by atoms with Crippen LogP contribution in [-0.4, -0.2) is 38.7 Å². The highest BCUT2D eigenvalue weighted by atomic mass is 79.9. The third kappa shape index (κ3) is 8.32. The van der Waals surface area contributed by atoms with Gasteiger partial charge in [-0.3, -0.25) is 9.59 Å². The van der Waals surface area contributed by atoms with Crippen molar-refractivity contribution in [1.29, 1.82) is 0 Å². The number of anilines is 3. The molecule has 1 heterocycles. The van der Waals surface area contributed by atoms with E-state index in [9.17, 15) is 9.59 Å². The quantitative estimate of drug-likeness (QED) is 0.0843. The van der Waals surface area contributed by atoms with Crippen LogP contribution in [0.4, 0.5) is 17.3 Å². The van der Waals surface area contributed by atoms with Crippen molar-refractivity contribution < 1.29 is 14.3 Å². The molecule has 3 aromatic carbocycles. The van der Waals surface area contributed by atoms with Crippen LogP contribution in [0.2, 0.25) is 0 Å². The molecule has 2 amide bonds. The maximum Gasteiger partial charge on any atom is 0.264 e. The summed E-state index contributed by atoms with van der Waals surface area (Å²) < 4.78 is 8.17. The summed E-state index contributed by atoms with van der Waals surface area (Å²) in [5.74, 6) is 6.53. The van der Waals surface area contributed by atoms with Crippen molar-refractivity contribution >= 4 is 63.0 Å². The maximum atomic E-state index is 12.4. The number of thioether (sulfide) groups is 1. The summed E-state index contributed by atoms with van der Waals surface area (Å²) in [5.41, 5.74) is 5.70. The van der Waals surface area contributed by atoms with Crippen molar-refractivity contribution in [3.63, 3.8) is 0 Å². The van der Waals surface area contributed by atoms with Gasteiger partial charge in [-0.2, -0.15) is 5.10 Å². The fourth-order valence-corrected chi connectivity index (χ4v) is 4.43. The van der Waals surface area contributed by atoms with Crippen LogP contribution in [0.1, 0.15) is 18.1 Å². The van der Waals surface area contributed by atoms with Gasteiger partial charge in [0, 0.05) is 28.3 Å². The number of halogens is 1. The SMILES string of the molecule is CC(=O)Nc1cccc(NC(=O)CSc2nnc(N/N=C/c3ccccc3OCc3cccc(Br)c3)n2N)c1. The summed E-state index contributed by atoms with van der Waals surface area (Å²) in [4.78, 5) is 23.6. The first-order valence-corrected chi connectivity index (χ1v) is 13.4. The number of carbonyl (C=O) groups excluding carboxylic acids is 2. The van der Waals surface area contributed by atoms with Crippen LogP contribution in [0.25, 0.3) is 0 Å². The minimum absolute atomic E-state index is 0.0473. The van der Waals surface area contributed by atoms with E-state index in [0.717, 1.165) is 27.4 Å². The van der Waals surface area contributed by atoms with Gasteiger partial charge in [-0.25, -0.2) is 10.1 Å². The Labute approximate surface area is 237 Å². The largest absolute Gasteiger partial charge is 0.488 e.